The predicted octanol–water partition coefficient (Wildman–Crippen LogP) is 4.42. The highest BCUT2D eigenvalue weighted by molar-refractivity contribution is 8.15. The number of hydrogen-bond acceptors (Lipinski definition) is 6. The first-order chi connectivity index (χ1) is 14.6. The zero-order chi connectivity index (χ0) is 20.9. The van der Waals surface area contributed by atoms with E-state index in [1.165, 1.54) is 0 Å². The van der Waals surface area contributed by atoms with Gasteiger partial charge in [0.1, 0.15) is 17.2 Å². The zero-order valence-corrected chi connectivity index (χ0v) is 17.4. The Labute approximate surface area is 179 Å². The third kappa shape index (κ3) is 4.74. The van der Waals surface area contributed by atoms with Gasteiger partial charge in [-0.05, 0) is 24.1 Å². The summed E-state index contributed by atoms with van der Waals surface area (Å²) < 4.78 is 11.7. The Balaban J connectivity index is 1.32. The number of imide groups is 1. The molecule has 1 saturated heterocycles. The quantitative estimate of drug-likeness (QED) is 0.579. The molecule has 1 aliphatic heterocycles. The van der Waals surface area contributed by atoms with Crippen molar-refractivity contribution in [3.8, 4) is 17.0 Å². The Morgan fingerprint density at radius 1 is 1.10 bits per heavy atom. The molecule has 2 heterocycles. The highest BCUT2D eigenvalue weighted by atomic mass is 32.2. The van der Waals surface area contributed by atoms with Gasteiger partial charge in [0.25, 0.3) is 5.24 Å². The number of benzene rings is 2. The van der Waals surface area contributed by atoms with Crippen molar-refractivity contribution in [2.45, 2.75) is 31.4 Å². The van der Waals surface area contributed by atoms with Crippen molar-refractivity contribution in [1.82, 2.24) is 10.3 Å². The number of thioether (sulfide) groups is 1. The Hall–Kier alpha value is -3.06. The molecule has 2 aromatic carbocycles. The Kier molecular flexibility index (Phi) is 6.18. The van der Waals surface area contributed by atoms with Crippen molar-refractivity contribution < 1.29 is 18.7 Å². The van der Waals surface area contributed by atoms with Crippen LogP contribution >= 0.6 is 11.8 Å². The molecule has 1 aromatic heterocycles. The lowest BCUT2D eigenvalue weighted by Crippen LogP contribution is -2.25. The summed E-state index contributed by atoms with van der Waals surface area (Å²) in [4.78, 5) is 27.6. The molecule has 30 heavy (non-hydrogen) atoms. The topological polar surface area (TPSA) is 81.4 Å². The summed E-state index contributed by atoms with van der Waals surface area (Å²) in [6.07, 6.45) is 1.87. The minimum atomic E-state index is -0.360. The number of aryl methyl sites for hydroxylation is 1. The van der Waals surface area contributed by atoms with Crippen LogP contribution in [0.4, 0.5) is 4.79 Å². The van der Waals surface area contributed by atoms with Crippen molar-refractivity contribution in [1.29, 1.82) is 0 Å². The number of amides is 2. The molecular weight excluding hydrogens is 400 g/mol. The number of carbonyl (C=O) groups excluding carboxylic acids is 2. The molecule has 0 bridgehead atoms. The Bertz CT molecular complexity index is 1030. The van der Waals surface area contributed by atoms with Crippen molar-refractivity contribution in [2.75, 3.05) is 6.61 Å². The number of nitrogens with one attached hydrogen (secondary N) is 1. The summed E-state index contributed by atoms with van der Waals surface area (Å²) in [5.41, 5.74) is 2.93. The first-order valence-corrected chi connectivity index (χ1v) is 10.8. The number of ether oxygens (including phenoxy) is 1. The third-order valence-corrected chi connectivity index (χ3v) is 5.79. The van der Waals surface area contributed by atoms with E-state index >= 15 is 0 Å². The van der Waals surface area contributed by atoms with Gasteiger partial charge >= 0.3 is 0 Å². The van der Waals surface area contributed by atoms with Crippen LogP contribution in [0, 0.1) is 0 Å². The van der Waals surface area contributed by atoms with Crippen LogP contribution in [-0.4, -0.2) is 28.0 Å². The fourth-order valence-corrected chi connectivity index (χ4v) is 4.15. The van der Waals surface area contributed by atoms with Crippen LogP contribution in [0.25, 0.3) is 11.3 Å². The predicted molar refractivity (Wildman–Crippen MR) is 116 cm³/mol. The van der Waals surface area contributed by atoms with Gasteiger partial charge in [-0.25, -0.2) is 4.98 Å². The molecule has 1 unspecified atom stereocenters. The van der Waals surface area contributed by atoms with Gasteiger partial charge in [-0.2, -0.15) is 0 Å². The smallest absolute Gasteiger partial charge is 0.286 e. The average molecular weight is 423 g/mol. The molecule has 3 aromatic rings. The zero-order valence-electron chi connectivity index (χ0n) is 16.6. The minimum Gasteiger partial charge on any atom is -0.493 e. The number of aromatic nitrogens is 1. The van der Waals surface area contributed by atoms with Crippen LogP contribution in [0.1, 0.15) is 24.1 Å². The van der Waals surface area contributed by atoms with Gasteiger partial charge in [-0.15, -0.1) is 0 Å². The van der Waals surface area contributed by atoms with E-state index in [1.54, 1.807) is 0 Å². The van der Waals surface area contributed by atoms with Crippen molar-refractivity contribution >= 4 is 22.9 Å². The maximum atomic E-state index is 11.7. The van der Waals surface area contributed by atoms with Crippen LogP contribution in [0.2, 0.25) is 0 Å². The number of nitrogens with zero attached hydrogens (tertiary/aromatic N) is 1. The van der Waals surface area contributed by atoms with Gasteiger partial charge in [-0.1, -0.05) is 61.2 Å². The molecule has 4 rings (SSSR count). The van der Waals surface area contributed by atoms with Crippen molar-refractivity contribution in [3.63, 3.8) is 0 Å². The van der Waals surface area contributed by atoms with Gasteiger partial charge in [-0.3, -0.25) is 14.9 Å². The molecule has 2 amide bonds. The molecule has 6 nitrogen and oxygen atoms in total. The molecule has 0 aliphatic carbocycles. The van der Waals surface area contributed by atoms with Crippen LogP contribution < -0.4 is 10.1 Å². The van der Waals surface area contributed by atoms with Crippen LogP contribution in [-0.2, 0) is 24.1 Å². The molecule has 1 atom stereocenters. The Morgan fingerprint density at radius 3 is 2.53 bits per heavy atom. The van der Waals surface area contributed by atoms with E-state index in [4.69, 9.17) is 9.15 Å². The molecule has 1 aliphatic rings. The third-order valence-electron chi connectivity index (χ3n) is 4.81. The van der Waals surface area contributed by atoms with Crippen LogP contribution in [0.15, 0.2) is 59.0 Å². The van der Waals surface area contributed by atoms with Crippen molar-refractivity contribution in [2.24, 2.45) is 0 Å². The fraction of sp³-hybridized carbons (Fsp3) is 0.261. The van der Waals surface area contributed by atoms with Gasteiger partial charge in [0.15, 0.2) is 5.89 Å². The SMILES string of the molecule is CCc1oc(CCOc2ccc(CC3SC(=O)NC3=O)cc2)nc1-c1ccccc1. The van der Waals surface area contributed by atoms with Gasteiger partial charge in [0, 0.05) is 12.0 Å². The first kappa shape index (κ1) is 20.2. The molecule has 0 spiro atoms. The summed E-state index contributed by atoms with van der Waals surface area (Å²) in [7, 11) is 0. The van der Waals surface area contributed by atoms with E-state index in [9.17, 15) is 9.59 Å². The lowest BCUT2D eigenvalue weighted by molar-refractivity contribution is -0.118. The molecule has 7 heteroatoms. The van der Waals surface area contributed by atoms with E-state index in [0.717, 1.165) is 46.5 Å². The van der Waals surface area contributed by atoms with Gasteiger partial charge < -0.3 is 9.15 Å². The molecule has 1 fully saturated rings. The van der Waals surface area contributed by atoms with E-state index < -0.39 is 0 Å². The normalized spacial score (nSPS) is 16.0. The second kappa shape index (κ2) is 9.17. The molecular formula is C23H22N2O4S. The van der Waals surface area contributed by atoms with Crippen LogP contribution in [0.3, 0.4) is 0 Å². The molecule has 0 radical (unpaired) electrons. The van der Waals surface area contributed by atoms with E-state index in [1.807, 2.05) is 54.6 Å². The number of hydrogen-bond donors (Lipinski definition) is 1. The van der Waals surface area contributed by atoms with E-state index in [0.29, 0.717) is 25.3 Å². The van der Waals surface area contributed by atoms with Gasteiger partial charge in [0.2, 0.25) is 5.91 Å². The van der Waals surface area contributed by atoms with Gasteiger partial charge in [0.05, 0.1) is 18.3 Å². The standard InChI is InChI=1S/C23H22N2O4S/c1-2-18-21(16-6-4-3-5-7-16)24-20(29-18)12-13-28-17-10-8-15(9-11-17)14-19-22(26)25-23(27)30-19/h3-11,19H,2,12-14H2,1H3,(H,25,26,27). The molecule has 0 saturated carbocycles. The van der Waals surface area contributed by atoms with E-state index in [2.05, 4.69) is 17.2 Å². The second-order valence-electron chi connectivity index (χ2n) is 6.93. The monoisotopic (exact) mass is 422 g/mol. The van der Waals surface area contributed by atoms with Crippen molar-refractivity contribution in [3.05, 3.63) is 71.8 Å². The summed E-state index contributed by atoms with van der Waals surface area (Å²) in [5.74, 6) is 2.06. The average Bonchev–Trinajstić information content (AvgIpc) is 3.32. The highest BCUT2D eigenvalue weighted by Gasteiger charge is 2.31. The minimum absolute atomic E-state index is 0.224. The second-order valence-corrected chi connectivity index (χ2v) is 8.10. The summed E-state index contributed by atoms with van der Waals surface area (Å²) in [5, 5.41) is 1.67. The summed E-state index contributed by atoms with van der Waals surface area (Å²) >= 11 is 1.04. The summed E-state index contributed by atoms with van der Waals surface area (Å²) in [6.45, 7) is 2.50. The maximum Gasteiger partial charge on any atom is 0.286 e. The lowest BCUT2D eigenvalue weighted by Gasteiger charge is -2.08. The fourth-order valence-electron chi connectivity index (χ4n) is 3.29. The Morgan fingerprint density at radius 2 is 1.87 bits per heavy atom. The highest BCUT2D eigenvalue weighted by Crippen LogP contribution is 2.25. The number of oxazole rings is 1. The number of rotatable bonds is 8. The maximum absolute atomic E-state index is 11.7. The van der Waals surface area contributed by atoms with E-state index in [-0.39, 0.29) is 16.4 Å². The lowest BCUT2D eigenvalue weighted by atomic mass is 10.1. The number of carbonyl (C=O) groups is 2. The molecule has 1 N–H and O–H groups in total. The van der Waals surface area contributed by atoms with Crippen LogP contribution in [0.5, 0.6) is 5.75 Å². The largest absolute Gasteiger partial charge is 0.493 e. The first-order valence-electron chi connectivity index (χ1n) is 9.89. The summed E-state index contributed by atoms with van der Waals surface area (Å²) in [6, 6.07) is 17.6. The molecule has 154 valence electrons.